The number of hydrogen-bond acceptors (Lipinski definition) is 3. The Morgan fingerprint density at radius 3 is 2.42 bits per heavy atom. The highest BCUT2D eigenvalue weighted by Gasteiger charge is 2.33. The first kappa shape index (κ1) is 20.9. The summed E-state index contributed by atoms with van der Waals surface area (Å²) in [6, 6.07) is 10.9. The van der Waals surface area contributed by atoms with Crippen molar-refractivity contribution in [3.05, 3.63) is 35.9 Å². The maximum Gasteiger partial charge on any atom is 0.237 e. The summed E-state index contributed by atoms with van der Waals surface area (Å²) in [6.45, 7) is 7.97. The molecule has 1 aromatic carbocycles. The van der Waals surface area contributed by atoms with Crippen molar-refractivity contribution >= 4 is 18.3 Å². The summed E-state index contributed by atoms with van der Waals surface area (Å²) in [5, 5.41) is 0. The zero-order valence-electron chi connectivity index (χ0n) is 15.0. The normalized spacial score (nSPS) is 13.9. The highest BCUT2D eigenvalue weighted by atomic mass is 35.5. The van der Waals surface area contributed by atoms with Gasteiger partial charge < -0.3 is 10.6 Å². The van der Waals surface area contributed by atoms with Crippen LogP contribution in [0.3, 0.4) is 0 Å². The van der Waals surface area contributed by atoms with E-state index in [0.29, 0.717) is 25.0 Å². The third kappa shape index (κ3) is 7.20. The van der Waals surface area contributed by atoms with Crippen LogP contribution >= 0.6 is 12.4 Å². The minimum absolute atomic E-state index is 0. The second-order valence-electron chi connectivity index (χ2n) is 6.97. The molecule has 2 N–H and O–H groups in total. The molecule has 1 aromatic rings. The maximum atomic E-state index is 12.7. The van der Waals surface area contributed by atoms with E-state index in [4.69, 9.17) is 5.73 Å². The molecular formula is C19H32ClN3O. The van der Waals surface area contributed by atoms with Gasteiger partial charge in [0.25, 0.3) is 0 Å². The Bertz CT molecular complexity index is 477. The van der Waals surface area contributed by atoms with E-state index in [2.05, 4.69) is 47.9 Å². The molecule has 0 spiro atoms. The minimum atomic E-state index is 0. The fourth-order valence-corrected chi connectivity index (χ4v) is 2.90. The average Bonchev–Trinajstić information content (AvgIpc) is 3.36. The Morgan fingerprint density at radius 2 is 1.88 bits per heavy atom. The fraction of sp³-hybridized carbons (Fsp3) is 0.632. The van der Waals surface area contributed by atoms with Crippen LogP contribution in [0.25, 0.3) is 0 Å². The van der Waals surface area contributed by atoms with Gasteiger partial charge in [-0.1, -0.05) is 44.2 Å². The summed E-state index contributed by atoms with van der Waals surface area (Å²) < 4.78 is 0. The first-order chi connectivity index (χ1) is 11.1. The second-order valence-corrected chi connectivity index (χ2v) is 6.97. The van der Waals surface area contributed by atoms with E-state index in [1.165, 1.54) is 18.4 Å². The summed E-state index contributed by atoms with van der Waals surface area (Å²) in [5.41, 5.74) is 7.05. The van der Waals surface area contributed by atoms with Crippen LogP contribution in [0.1, 0.15) is 32.3 Å². The van der Waals surface area contributed by atoms with Crippen LogP contribution in [0.2, 0.25) is 0 Å². The number of carbonyl (C=O) groups excluding carboxylic acids is 1. The number of amides is 1. The number of nitrogens with zero attached hydrogens (tertiary/aromatic N) is 2. The number of nitrogens with two attached hydrogens (primary N) is 1. The first-order valence-electron chi connectivity index (χ1n) is 8.86. The van der Waals surface area contributed by atoms with Gasteiger partial charge in [0.15, 0.2) is 0 Å². The largest absolute Gasteiger partial charge is 0.338 e. The predicted molar refractivity (Wildman–Crippen MR) is 102 cm³/mol. The quantitative estimate of drug-likeness (QED) is 0.703. The predicted octanol–water partition coefficient (Wildman–Crippen LogP) is 2.56. The topological polar surface area (TPSA) is 49.6 Å². The number of halogens is 1. The van der Waals surface area contributed by atoms with Crippen molar-refractivity contribution in [2.24, 2.45) is 11.7 Å². The minimum Gasteiger partial charge on any atom is -0.338 e. The first-order valence-corrected chi connectivity index (χ1v) is 8.86. The van der Waals surface area contributed by atoms with Crippen LogP contribution < -0.4 is 5.73 Å². The van der Waals surface area contributed by atoms with Crippen LogP contribution in [0, 0.1) is 5.92 Å². The summed E-state index contributed by atoms with van der Waals surface area (Å²) in [6.07, 6.45) is 3.29. The van der Waals surface area contributed by atoms with Gasteiger partial charge in [-0.15, -0.1) is 12.4 Å². The van der Waals surface area contributed by atoms with Gasteiger partial charge in [0.2, 0.25) is 5.91 Å². The standard InChI is InChI=1S/C19H31N3O.ClH/c1-16(2)14-22(18-8-9-18)19(23)15-21(13-11-20)12-10-17-6-4-3-5-7-17;/h3-7,16,18H,8-15,20H2,1-2H3;1H. The molecule has 24 heavy (non-hydrogen) atoms. The number of rotatable bonds is 10. The Kier molecular flexibility index (Phi) is 9.34. The summed E-state index contributed by atoms with van der Waals surface area (Å²) >= 11 is 0. The van der Waals surface area contributed by atoms with Crippen LogP contribution in [-0.2, 0) is 11.2 Å². The zero-order chi connectivity index (χ0) is 16.7. The molecule has 0 aliphatic heterocycles. The van der Waals surface area contributed by atoms with Crippen molar-refractivity contribution in [3.8, 4) is 0 Å². The van der Waals surface area contributed by atoms with Crippen molar-refractivity contribution < 1.29 is 4.79 Å². The lowest BCUT2D eigenvalue weighted by atomic mass is 10.1. The monoisotopic (exact) mass is 353 g/mol. The van der Waals surface area contributed by atoms with Crippen LogP contribution in [0.5, 0.6) is 0 Å². The SMILES string of the molecule is CC(C)CN(C(=O)CN(CCN)CCc1ccccc1)C1CC1.Cl. The molecule has 0 atom stereocenters. The number of carbonyl (C=O) groups is 1. The fourth-order valence-electron chi connectivity index (χ4n) is 2.90. The van der Waals surface area contributed by atoms with Gasteiger partial charge in [0.05, 0.1) is 6.54 Å². The van der Waals surface area contributed by atoms with Crippen molar-refractivity contribution in [1.82, 2.24) is 9.80 Å². The van der Waals surface area contributed by atoms with Crippen molar-refractivity contribution in [3.63, 3.8) is 0 Å². The molecule has 1 aliphatic rings. The zero-order valence-corrected chi connectivity index (χ0v) is 15.8. The van der Waals surface area contributed by atoms with Crippen LogP contribution in [0.4, 0.5) is 0 Å². The van der Waals surface area contributed by atoms with E-state index < -0.39 is 0 Å². The average molecular weight is 354 g/mol. The third-order valence-electron chi connectivity index (χ3n) is 4.23. The molecule has 136 valence electrons. The molecule has 5 heteroatoms. The van der Waals surface area contributed by atoms with E-state index >= 15 is 0 Å². The van der Waals surface area contributed by atoms with E-state index in [-0.39, 0.29) is 18.3 Å². The van der Waals surface area contributed by atoms with E-state index in [0.717, 1.165) is 26.1 Å². The molecule has 1 amide bonds. The van der Waals surface area contributed by atoms with Crippen LogP contribution in [-0.4, -0.2) is 54.5 Å². The van der Waals surface area contributed by atoms with Crippen molar-refractivity contribution in [1.29, 1.82) is 0 Å². The number of hydrogen-bond donors (Lipinski definition) is 1. The van der Waals surface area contributed by atoms with Gasteiger partial charge in [-0.2, -0.15) is 0 Å². The lowest BCUT2D eigenvalue weighted by Crippen LogP contribution is -2.44. The molecule has 0 saturated heterocycles. The maximum absolute atomic E-state index is 12.7. The lowest BCUT2D eigenvalue weighted by Gasteiger charge is -2.28. The molecule has 0 radical (unpaired) electrons. The van der Waals surface area contributed by atoms with Crippen LogP contribution in [0.15, 0.2) is 30.3 Å². The summed E-state index contributed by atoms with van der Waals surface area (Å²) in [4.78, 5) is 17.0. The van der Waals surface area contributed by atoms with Gasteiger partial charge in [-0.25, -0.2) is 0 Å². The van der Waals surface area contributed by atoms with Crippen molar-refractivity contribution in [2.75, 3.05) is 32.7 Å². The molecular weight excluding hydrogens is 322 g/mol. The smallest absolute Gasteiger partial charge is 0.237 e. The highest BCUT2D eigenvalue weighted by Crippen LogP contribution is 2.27. The molecule has 0 unspecified atom stereocenters. The highest BCUT2D eigenvalue weighted by molar-refractivity contribution is 5.85. The Labute approximate surface area is 152 Å². The Morgan fingerprint density at radius 1 is 1.21 bits per heavy atom. The molecule has 0 bridgehead atoms. The van der Waals surface area contributed by atoms with Gasteiger partial charge in [0.1, 0.15) is 0 Å². The number of benzene rings is 1. The molecule has 1 fully saturated rings. The summed E-state index contributed by atoms with van der Waals surface area (Å²) in [5.74, 6) is 0.787. The van der Waals surface area contributed by atoms with Gasteiger partial charge in [-0.05, 0) is 30.7 Å². The lowest BCUT2D eigenvalue weighted by molar-refractivity contribution is -0.133. The van der Waals surface area contributed by atoms with E-state index in [9.17, 15) is 4.79 Å². The van der Waals surface area contributed by atoms with Crippen molar-refractivity contribution in [2.45, 2.75) is 39.2 Å². The molecule has 4 nitrogen and oxygen atoms in total. The molecule has 0 heterocycles. The summed E-state index contributed by atoms with van der Waals surface area (Å²) in [7, 11) is 0. The van der Waals surface area contributed by atoms with Gasteiger partial charge in [-0.3, -0.25) is 9.69 Å². The van der Waals surface area contributed by atoms with Gasteiger partial charge >= 0.3 is 0 Å². The second kappa shape index (κ2) is 10.7. The Balaban J connectivity index is 0.00000288. The van der Waals surface area contributed by atoms with Gasteiger partial charge in [0, 0.05) is 32.2 Å². The molecule has 0 aromatic heterocycles. The van der Waals surface area contributed by atoms with E-state index in [1.807, 2.05) is 6.07 Å². The molecule has 1 saturated carbocycles. The van der Waals surface area contributed by atoms with E-state index in [1.54, 1.807) is 0 Å². The third-order valence-corrected chi connectivity index (χ3v) is 4.23. The molecule has 1 aliphatic carbocycles. The molecule has 2 rings (SSSR count). The Hall–Kier alpha value is -1.10.